The molecular formula is C22H17F3N2O2. The van der Waals surface area contributed by atoms with Gasteiger partial charge in [-0.05, 0) is 35.4 Å². The maximum atomic E-state index is 13.0. The number of halogens is 3. The summed E-state index contributed by atoms with van der Waals surface area (Å²) in [6.07, 6.45) is -4.97. The van der Waals surface area contributed by atoms with E-state index in [1.54, 1.807) is 5.32 Å². The molecule has 2 amide bonds. The summed E-state index contributed by atoms with van der Waals surface area (Å²) in [6, 6.07) is 23.9. The Morgan fingerprint density at radius 1 is 0.655 bits per heavy atom. The number of nitrogens with one attached hydrogen (secondary N) is 2. The van der Waals surface area contributed by atoms with Gasteiger partial charge in [0.2, 0.25) is 5.91 Å². The molecule has 0 fully saturated rings. The van der Waals surface area contributed by atoms with Crippen molar-refractivity contribution >= 4 is 23.2 Å². The molecule has 148 valence electrons. The van der Waals surface area contributed by atoms with E-state index in [9.17, 15) is 22.8 Å². The lowest BCUT2D eigenvalue weighted by molar-refractivity contribution is -0.167. The van der Waals surface area contributed by atoms with Gasteiger partial charge < -0.3 is 10.6 Å². The fourth-order valence-electron chi connectivity index (χ4n) is 2.84. The van der Waals surface area contributed by atoms with Gasteiger partial charge in [-0.3, -0.25) is 9.59 Å². The van der Waals surface area contributed by atoms with E-state index in [4.69, 9.17) is 0 Å². The van der Waals surface area contributed by atoms with Gasteiger partial charge in [0, 0.05) is 11.4 Å². The van der Waals surface area contributed by atoms with Crippen molar-refractivity contribution in [1.29, 1.82) is 0 Å². The van der Waals surface area contributed by atoms with Crippen LogP contribution in [-0.4, -0.2) is 18.0 Å². The summed E-state index contributed by atoms with van der Waals surface area (Å²) in [6.45, 7) is 0. The molecule has 3 rings (SSSR count). The molecule has 3 aromatic carbocycles. The van der Waals surface area contributed by atoms with Crippen molar-refractivity contribution in [2.75, 3.05) is 10.6 Å². The highest BCUT2D eigenvalue weighted by molar-refractivity contribution is 5.99. The molecule has 0 aliphatic heterocycles. The average molecular weight is 398 g/mol. The molecule has 0 radical (unpaired) electrons. The molecule has 7 heteroatoms. The molecule has 3 aromatic rings. The first kappa shape index (κ1) is 20.1. The molecule has 0 aromatic heterocycles. The van der Waals surface area contributed by atoms with E-state index in [0.717, 1.165) is 11.1 Å². The number of alkyl halides is 3. The Morgan fingerprint density at radius 3 is 1.48 bits per heavy atom. The second-order valence-corrected chi connectivity index (χ2v) is 6.27. The van der Waals surface area contributed by atoms with Gasteiger partial charge in [-0.15, -0.1) is 0 Å². The van der Waals surface area contributed by atoms with Crippen molar-refractivity contribution in [3.63, 3.8) is 0 Å². The predicted octanol–water partition coefficient (Wildman–Crippen LogP) is 4.96. The van der Waals surface area contributed by atoms with Crippen molar-refractivity contribution in [1.82, 2.24) is 0 Å². The van der Waals surface area contributed by atoms with Crippen molar-refractivity contribution in [2.45, 2.75) is 12.1 Å². The van der Waals surface area contributed by atoms with Crippen molar-refractivity contribution in [3.8, 4) is 0 Å². The molecule has 0 bridgehead atoms. The van der Waals surface area contributed by atoms with Crippen LogP contribution in [0.25, 0.3) is 0 Å². The fraction of sp³-hybridized carbons (Fsp3) is 0.0909. The van der Waals surface area contributed by atoms with Crippen LogP contribution < -0.4 is 10.6 Å². The quantitative estimate of drug-likeness (QED) is 0.638. The number of rotatable bonds is 5. The highest BCUT2D eigenvalue weighted by atomic mass is 19.4. The Kier molecular flexibility index (Phi) is 5.97. The lowest BCUT2D eigenvalue weighted by Crippen LogP contribution is -2.29. The van der Waals surface area contributed by atoms with Crippen LogP contribution in [0.5, 0.6) is 0 Å². The Balaban J connectivity index is 1.77. The summed E-state index contributed by atoms with van der Waals surface area (Å²) in [5.41, 5.74) is 2.00. The Hall–Kier alpha value is -3.61. The van der Waals surface area contributed by atoms with Gasteiger partial charge in [-0.1, -0.05) is 60.7 Å². The summed E-state index contributed by atoms with van der Waals surface area (Å²) in [4.78, 5) is 24.0. The van der Waals surface area contributed by atoms with E-state index in [2.05, 4.69) is 5.32 Å². The van der Waals surface area contributed by atoms with Gasteiger partial charge >= 0.3 is 12.1 Å². The maximum absolute atomic E-state index is 13.0. The van der Waals surface area contributed by atoms with Crippen LogP contribution in [0.15, 0.2) is 84.9 Å². The second kappa shape index (κ2) is 8.60. The Bertz CT molecular complexity index is 933. The SMILES string of the molecule is O=C(Nc1ccc(NC(=O)C(F)(F)F)cc1)C(c1ccccc1)c1ccccc1. The molecule has 0 aliphatic carbocycles. The largest absolute Gasteiger partial charge is 0.471 e. The molecule has 0 saturated heterocycles. The zero-order valence-corrected chi connectivity index (χ0v) is 15.1. The van der Waals surface area contributed by atoms with E-state index in [1.165, 1.54) is 24.3 Å². The zero-order valence-electron chi connectivity index (χ0n) is 15.1. The van der Waals surface area contributed by atoms with Gasteiger partial charge in [-0.25, -0.2) is 0 Å². The molecule has 0 spiro atoms. The van der Waals surface area contributed by atoms with E-state index < -0.39 is 18.0 Å². The van der Waals surface area contributed by atoms with Crippen LogP contribution >= 0.6 is 0 Å². The number of amides is 2. The fourth-order valence-corrected chi connectivity index (χ4v) is 2.84. The van der Waals surface area contributed by atoms with Crippen LogP contribution in [0.1, 0.15) is 17.0 Å². The van der Waals surface area contributed by atoms with Crippen LogP contribution in [0, 0.1) is 0 Å². The standard InChI is InChI=1S/C22H17F3N2O2/c23-22(24,25)21(29)27-18-13-11-17(12-14-18)26-20(28)19(15-7-3-1-4-8-15)16-9-5-2-6-10-16/h1-14,19H,(H,26,28)(H,27,29). The van der Waals surface area contributed by atoms with Crippen LogP contribution in [0.3, 0.4) is 0 Å². The number of carbonyl (C=O) groups excluding carboxylic acids is 2. The molecule has 2 N–H and O–H groups in total. The predicted molar refractivity (Wildman–Crippen MR) is 104 cm³/mol. The van der Waals surface area contributed by atoms with E-state index in [1.807, 2.05) is 60.7 Å². The van der Waals surface area contributed by atoms with Gasteiger partial charge in [0.25, 0.3) is 0 Å². The lowest BCUT2D eigenvalue weighted by Gasteiger charge is -2.18. The Morgan fingerprint density at radius 2 is 1.07 bits per heavy atom. The van der Waals surface area contributed by atoms with E-state index >= 15 is 0 Å². The van der Waals surface area contributed by atoms with E-state index in [-0.39, 0.29) is 11.6 Å². The van der Waals surface area contributed by atoms with Gasteiger partial charge in [-0.2, -0.15) is 13.2 Å². The molecule has 0 atom stereocenters. The zero-order chi connectivity index (χ0) is 20.9. The van der Waals surface area contributed by atoms with Crippen LogP contribution in [-0.2, 0) is 9.59 Å². The molecule has 29 heavy (non-hydrogen) atoms. The maximum Gasteiger partial charge on any atom is 0.471 e. The number of hydrogen-bond acceptors (Lipinski definition) is 2. The number of benzene rings is 3. The summed E-state index contributed by atoms with van der Waals surface area (Å²) in [5, 5.41) is 4.54. The Labute approximate surface area is 165 Å². The highest BCUT2D eigenvalue weighted by Gasteiger charge is 2.38. The minimum Gasteiger partial charge on any atom is -0.325 e. The molecule has 4 nitrogen and oxygen atoms in total. The normalized spacial score (nSPS) is 11.2. The molecule has 0 unspecified atom stereocenters. The summed E-state index contributed by atoms with van der Waals surface area (Å²) in [7, 11) is 0. The lowest BCUT2D eigenvalue weighted by atomic mass is 9.90. The first-order valence-corrected chi connectivity index (χ1v) is 8.73. The monoisotopic (exact) mass is 398 g/mol. The third-order valence-corrected chi connectivity index (χ3v) is 4.20. The van der Waals surface area contributed by atoms with Gasteiger partial charge in [0.15, 0.2) is 0 Å². The average Bonchev–Trinajstić information content (AvgIpc) is 2.70. The first-order valence-electron chi connectivity index (χ1n) is 8.73. The smallest absolute Gasteiger partial charge is 0.325 e. The second-order valence-electron chi connectivity index (χ2n) is 6.27. The van der Waals surface area contributed by atoms with Crippen molar-refractivity contribution in [2.24, 2.45) is 0 Å². The summed E-state index contributed by atoms with van der Waals surface area (Å²) < 4.78 is 37.0. The number of anilines is 2. The molecular weight excluding hydrogens is 381 g/mol. The van der Waals surface area contributed by atoms with Crippen molar-refractivity contribution in [3.05, 3.63) is 96.1 Å². The third kappa shape index (κ3) is 5.22. The number of carbonyl (C=O) groups is 2. The summed E-state index contributed by atoms with van der Waals surface area (Å²) >= 11 is 0. The van der Waals surface area contributed by atoms with Gasteiger partial charge in [0.05, 0.1) is 5.92 Å². The van der Waals surface area contributed by atoms with Crippen LogP contribution in [0.4, 0.5) is 24.5 Å². The first-order chi connectivity index (χ1) is 13.8. The van der Waals surface area contributed by atoms with E-state index in [0.29, 0.717) is 5.69 Å². The third-order valence-electron chi connectivity index (χ3n) is 4.20. The minimum atomic E-state index is -4.97. The number of hydrogen-bond donors (Lipinski definition) is 2. The summed E-state index contributed by atoms with van der Waals surface area (Å²) in [5.74, 6) is -2.89. The van der Waals surface area contributed by atoms with Crippen LogP contribution in [0.2, 0.25) is 0 Å². The molecule has 0 saturated carbocycles. The van der Waals surface area contributed by atoms with Crippen molar-refractivity contribution < 1.29 is 22.8 Å². The topological polar surface area (TPSA) is 58.2 Å². The molecule has 0 heterocycles. The minimum absolute atomic E-state index is 0.0204. The molecule has 0 aliphatic rings. The highest BCUT2D eigenvalue weighted by Crippen LogP contribution is 2.27. The van der Waals surface area contributed by atoms with Gasteiger partial charge in [0.1, 0.15) is 0 Å².